The van der Waals surface area contributed by atoms with Crippen LogP contribution in [0.25, 0.3) is 0 Å². The van der Waals surface area contributed by atoms with E-state index >= 15 is 0 Å². The first kappa shape index (κ1) is 10.8. The maximum atomic E-state index is 10.2. The Bertz CT molecular complexity index is 261. The number of aliphatic carboxylic acids is 1. The predicted molar refractivity (Wildman–Crippen MR) is 53.1 cm³/mol. The molecule has 1 unspecified atom stereocenters. The fraction of sp³-hybridized carbons (Fsp3) is 0.667. The molecule has 1 heterocycles. The van der Waals surface area contributed by atoms with Crippen LogP contribution in [0, 0.1) is 0 Å². The molecule has 1 aliphatic rings. The maximum Gasteiger partial charge on any atom is 0.303 e. The highest BCUT2D eigenvalue weighted by Crippen LogP contribution is 2.00. The Morgan fingerprint density at radius 3 is 3.14 bits per heavy atom. The number of hydrogen-bond donors (Lipinski definition) is 1. The molecule has 1 atom stereocenters. The van der Waals surface area contributed by atoms with Crippen molar-refractivity contribution in [2.45, 2.75) is 25.9 Å². The van der Waals surface area contributed by atoms with E-state index in [2.05, 4.69) is 9.98 Å². The summed E-state index contributed by atoms with van der Waals surface area (Å²) in [7, 11) is 0. The standard InChI is InChI=1S/C9H14N2O3/c1-7-10-5-8(6-11-7)14-4-2-3-9(12)13/h5,8H,2-4,6H2,1H3,(H,12,13). The van der Waals surface area contributed by atoms with E-state index in [1.54, 1.807) is 6.21 Å². The van der Waals surface area contributed by atoms with Gasteiger partial charge in [0.15, 0.2) is 0 Å². The molecule has 0 aromatic heterocycles. The van der Waals surface area contributed by atoms with Gasteiger partial charge >= 0.3 is 5.97 Å². The summed E-state index contributed by atoms with van der Waals surface area (Å²) in [6, 6.07) is 0. The van der Waals surface area contributed by atoms with Gasteiger partial charge in [0.1, 0.15) is 11.9 Å². The zero-order valence-electron chi connectivity index (χ0n) is 8.14. The zero-order valence-corrected chi connectivity index (χ0v) is 8.14. The Morgan fingerprint density at radius 2 is 2.57 bits per heavy atom. The SMILES string of the molecule is CC1=NCC(OCCCC(=O)O)C=N1. The van der Waals surface area contributed by atoms with Crippen LogP contribution in [-0.4, -0.2) is 42.4 Å². The Balaban J connectivity index is 2.09. The van der Waals surface area contributed by atoms with Gasteiger partial charge < -0.3 is 9.84 Å². The van der Waals surface area contributed by atoms with Crippen molar-refractivity contribution in [3.05, 3.63) is 0 Å². The van der Waals surface area contributed by atoms with E-state index < -0.39 is 5.97 Å². The molecule has 78 valence electrons. The number of amidine groups is 1. The number of aliphatic imine (C=N–C) groups is 2. The second-order valence-corrected chi connectivity index (χ2v) is 3.07. The highest BCUT2D eigenvalue weighted by atomic mass is 16.5. The monoisotopic (exact) mass is 198 g/mol. The van der Waals surface area contributed by atoms with Crippen molar-refractivity contribution in [3.63, 3.8) is 0 Å². The molecule has 0 aromatic rings. The highest BCUT2D eigenvalue weighted by molar-refractivity contribution is 5.90. The minimum atomic E-state index is -0.792. The lowest BCUT2D eigenvalue weighted by atomic mass is 10.3. The smallest absolute Gasteiger partial charge is 0.303 e. The van der Waals surface area contributed by atoms with E-state index in [-0.39, 0.29) is 12.5 Å². The van der Waals surface area contributed by atoms with Crippen LogP contribution < -0.4 is 0 Å². The Morgan fingerprint density at radius 1 is 1.79 bits per heavy atom. The lowest BCUT2D eigenvalue weighted by molar-refractivity contribution is -0.137. The quantitative estimate of drug-likeness (QED) is 0.662. The second-order valence-electron chi connectivity index (χ2n) is 3.07. The molecular formula is C9H14N2O3. The van der Waals surface area contributed by atoms with Gasteiger partial charge in [0.05, 0.1) is 6.54 Å². The van der Waals surface area contributed by atoms with Gasteiger partial charge in [-0.05, 0) is 13.3 Å². The third-order valence-corrected chi connectivity index (χ3v) is 1.79. The molecule has 1 rings (SSSR count). The van der Waals surface area contributed by atoms with Crippen LogP contribution in [0.2, 0.25) is 0 Å². The average Bonchev–Trinajstić information content (AvgIpc) is 2.15. The van der Waals surface area contributed by atoms with Crippen molar-refractivity contribution < 1.29 is 14.6 Å². The average molecular weight is 198 g/mol. The van der Waals surface area contributed by atoms with Gasteiger partial charge in [-0.1, -0.05) is 0 Å². The molecule has 0 aromatic carbocycles. The number of hydrogen-bond acceptors (Lipinski definition) is 4. The fourth-order valence-electron chi connectivity index (χ4n) is 1.05. The van der Waals surface area contributed by atoms with E-state index in [0.717, 1.165) is 5.84 Å². The summed E-state index contributed by atoms with van der Waals surface area (Å²) in [5.41, 5.74) is 0. The molecule has 0 fully saturated rings. The maximum absolute atomic E-state index is 10.2. The third kappa shape index (κ3) is 4.13. The minimum absolute atomic E-state index is 0.0903. The molecule has 5 nitrogen and oxygen atoms in total. The Labute approximate surface area is 82.5 Å². The van der Waals surface area contributed by atoms with Crippen LogP contribution in [0.15, 0.2) is 9.98 Å². The van der Waals surface area contributed by atoms with Crippen molar-refractivity contribution in [2.24, 2.45) is 9.98 Å². The van der Waals surface area contributed by atoms with Crippen LogP contribution in [0.5, 0.6) is 0 Å². The van der Waals surface area contributed by atoms with E-state index in [1.807, 2.05) is 6.92 Å². The molecule has 1 aliphatic heterocycles. The lowest BCUT2D eigenvalue weighted by Gasteiger charge is -2.13. The molecule has 0 radical (unpaired) electrons. The van der Waals surface area contributed by atoms with E-state index in [1.165, 1.54) is 0 Å². The van der Waals surface area contributed by atoms with Gasteiger partial charge in [-0.25, -0.2) is 4.99 Å². The molecule has 0 bridgehead atoms. The second kappa shape index (κ2) is 5.49. The van der Waals surface area contributed by atoms with Crippen LogP contribution in [0.3, 0.4) is 0 Å². The first-order valence-electron chi connectivity index (χ1n) is 4.57. The topological polar surface area (TPSA) is 71.2 Å². The number of carbonyl (C=O) groups is 1. The summed E-state index contributed by atoms with van der Waals surface area (Å²) in [6.45, 7) is 2.86. The van der Waals surface area contributed by atoms with Gasteiger partial charge in [-0.15, -0.1) is 0 Å². The van der Waals surface area contributed by atoms with Crippen molar-refractivity contribution >= 4 is 18.0 Å². The summed E-state index contributed by atoms with van der Waals surface area (Å²) in [6.07, 6.45) is 2.30. The van der Waals surface area contributed by atoms with Gasteiger partial charge in [-0.2, -0.15) is 0 Å². The molecule has 0 aliphatic carbocycles. The number of rotatable bonds is 5. The minimum Gasteiger partial charge on any atom is -0.481 e. The Kier molecular flexibility index (Phi) is 4.25. The Hall–Kier alpha value is -1.23. The van der Waals surface area contributed by atoms with E-state index in [9.17, 15) is 4.79 Å². The number of carboxylic acid groups (broad SMARTS) is 1. The molecule has 14 heavy (non-hydrogen) atoms. The zero-order chi connectivity index (χ0) is 10.4. The van der Waals surface area contributed by atoms with Gasteiger partial charge in [0.25, 0.3) is 0 Å². The van der Waals surface area contributed by atoms with Crippen molar-refractivity contribution in [3.8, 4) is 0 Å². The van der Waals surface area contributed by atoms with Crippen molar-refractivity contribution in [1.29, 1.82) is 0 Å². The first-order valence-corrected chi connectivity index (χ1v) is 4.57. The van der Waals surface area contributed by atoms with Gasteiger partial charge in [0.2, 0.25) is 0 Å². The summed E-state index contributed by atoms with van der Waals surface area (Å²) in [5, 5.41) is 8.38. The molecule has 0 spiro atoms. The van der Waals surface area contributed by atoms with Crippen molar-refractivity contribution in [2.75, 3.05) is 13.2 Å². The van der Waals surface area contributed by atoms with Crippen LogP contribution >= 0.6 is 0 Å². The predicted octanol–water partition coefficient (Wildman–Crippen LogP) is 0.739. The van der Waals surface area contributed by atoms with Crippen LogP contribution in [0.4, 0.5) is 0 Å². The van der Waals surface area contributed by atoms with Crippen LogP contribution in [-0.2, 0) is 9.53 Å². The summed E-state index contributed by atoms with van der Waals surface area (Å²) >= 11 is 0. The molecule has 5 heteroatoms. The van der Waals surface area contributed by atoms with E-state index in [4.69, 9.17) is 9.84 Å². The molecule has 0 saturated heterocycles. The first-order chi connectivity index (χ1) is 6.68. The highest BCUT2D eigenvalue weighted by Gasteiger charge is 2.09. The normalized spacial score (nSPS) is 20.6. The molecule has 1 N–H and O–H groups in total. The van der Waals surface area contributed by atoms with Crippen molar-refractivity contribution in [1.82, 2.24) is 0 Å². The van der Waals surface area contributed by atoms with E-state index in [0.29, 0.717) is 19.6 Å². The van der Waals surface area contributed by atoms with Crippen LogP contribution in [0.1, 0.15) is 19.8 Å². The number of carboxylic acids is 1. The largest absolute Gasteiger partial charge is 0.481 e. The summed E-state index contributed by atoms with van der Waals surface area (Å²) < 4.78 is 5.36. The lowest BCUT2D eigenvalue weighted by Crippen LogP contribution is -2.23. The molecular weight excluding hydrogens is 184 g/mol. The van der Waals surface area contributed by atoms with Gasteiger partial charge in [0, 0.05) is 19.2 Å². The molecule has 0 amide bonds. The molecule has 0 saturated carbocycles. The summed E-state index contributed by atoms with van der Waals surface area (Å²) in [4.78, 5) is 18.3. The summed E-state index contributed by atoms with van der Waals surface area (Å²) in [5.74, 6) is -0.0323. The number of nitrogens with zero attached hydrogens (tertiary/aromatic N) is 2. The van der Waals surface area contributed by atoms with Gasteiger partial charge in [-0.3, -0.25) is 9.79 Å². The fourth-order valence-corrected chi connectivity index (χ4v) is 1.05. The third-order valence-electron chi connectivity index (χ3n) is 1.79. The number of ether oxygens (including phenoxy) is 1.